The summed E-state index contributed by atoms with van der Waals surface area (Å²) >= 11 is 0. The number of nitrogens with zero attached hydrogens (tertiary/aromatic N) is 4. The summed E-state index contributed by atoms with van der Waals surface area (Å²) in [6.07, 6.45) is 3.50. The van der Waals surface area contributed by atoms with E-state index >= 15 is 0 Å². The van der Waals surface area contributed by atoms with Crippen LogP contribution in [0.1, 0.15) is 5.69 Å². The summed E-state index contributed by atoms with van der Waals surface area (Å²) in [6.45, 7) is 0.447. The number of hydrogen-bond acceptors (Lipinski definition) is 4. The molecule has 0 aliphatic rings. The largest absolute Gasteiger partial charge is 0.325 e. The van der Waals surface area contributed by atoms with Crippen LogP contribution in [-0.2, 0) is 6.54 Å². The maximum atomic E-state index is 5.73. The Morgan fingerprint density at radius 3 is 2.82 bits per heavy atom. The molecule has 0 atom stereocenters. The summed E-state index contributed by atoms with van der Waals surface area (Å²) in [5.74, 6) is 0.772. The monoisotopic (exact) mass is 225 g/mol. The number of aromatic nitrogens is 4. The van der Waals surface area contributed by atoms with Gasteiger partial charge in [-0.3, -0.25) is 9.38 Å². The van der Waals surface area contributed by atoms with Crippen molar-refractivity contribution in [3.63, 3.8) is 0 Å². The molecule has 5 heteroatoms. The van der Waals surface area contributed by atoms with Crippen LogP contribution in [0.3, 0.4) is 0 Å². The fourth-order valence-corrected chi connectivity index (χ4v) is 1.85. The molecular formula is C12H11N5. The Labute approximate surface area is 97.9 Å². The highest BCUT2D eigenvalue weighted by atomic mass is 15.3. The molecule has 3 aromatic heterocycles. The average molecular weight is 225 g/mol. The molecule has 0 aliphatic heterocycles. The summed E-state index contributed by atoms with van der Waals surface area (Å²) in [7, 11) is 0. The van der Waals surface area contributed by atoms with E-state index < -0.39 is 0 Å². The third kappa shape index (κ3) is 1.57. The molecule has 0 spiro atoms. The second kappa shape index (κ2) is 3.95. The maximum Gasteiger partial charge on any atom is 0.170 e. The average Bonchev–Trinajstić information content (AvgIpc) is 2.83. The molecule has 0 aromatic carbocycles. The molecule has 0 unspecified atom stereocenters. The lowest BCUT2D eigenvalue weighted by Gasteiger charge is -2.04. The van der Waals surface area contributed by atoms with E-state index in [4.69, 9.17) is 5.73 Å². The van der Waals surface area contributed by atoms with Gasteiger partial charge in [-0.1, -0.05) is 6.07 Å². The van der Waals surface area contributed by atoms with Gasteiger partial charge in [0.15, 0.2) is 11.5 Å². The first kappa shape index (κ1) is 9.92. The van der Waals surface area contributed by atoms with Crippen LogP contribution in [-0.4, -0.2) is 19.6 Å². The molecular weight excluding hydrogens is 214 g/mol. The van der Waals surface area contributed by atoms with Gasteiger partial charge in [-0.25, -0.2) is 0 Å². The van der Waals surface area contributed by atoms with E-state index in [0.29, 0.717) is 6.54 Å². The lowest BCUT2D eigenvalue weighted by atomic mass is 10.2. The van der Waals surface area contributed by atoms with Crippen LogP contribution < -0.4 is 5.73 Å². The van der Waals surface area contributed by atoms with Gasteiger partial charge in [0.2, 0.25) is 0 Å². The van der Waals surface area contributed by atoms with Crippen molar-refractivity contribution in [3.05, 3.63) is 48.4 Å². The molecule has 0 saturated heterocycles. The predicted molar refractivity (Wildman–Crippen MR) is 64.1 cm³/mol. The predicted octanol–water partition coefficient (Wildman–Crippen LogP) is 1.25. The van der Waals surface area contributed by atoms with Crippen molar-refractivity contribution in [1.82, 2.24) is 19.6 Å². The lowest BCUT2D eigenvalue weighted by molar-refractivity contribution is 0.945. The number of fused-ring (bicyclic) bond motifs is 1. The molecule has 0 aliphatic carbocycles. The van der Waals surface area contributed by atoms with E-state index in [9.17, 15) is 0 Å². The molecule has 0 fully saturated rings. The highest BCUT2D eigenvalue weighted by Gasteiger charge is 2.10. The van der Waals surface area contributed by atoms with Crippen molar-refractivity contribution in [1.29, 1.82) is 0 Å². The molecule has 17 heavy (non-hydrogen) atoms. The second-order valence-electron chi connectivity index (χ2n) is 3.68. The number of nitrogens with two attached hydrogens (primary N) is 1. The van der Waals surface area contributed by atoms with Crippen molar-refractivity contribution in [2.24, 2.45) is 5.73 Å². The second-order valence-corrected chi connectivity index (χ2v) is 3.68. The third-order valence-corrected chi connectivity index (χ3v) is 2.64. The van der Waals surface area contributed by atoms with Gasteiger partial charge >= 0.3 is 0 Å². The van der Waals surface area contributed by atoms with Gasteiger partial charge in [-0.2, -0.15) is 0 Å². The van der Waals surface area contributed by atoms with Gasteiger partial charge in [0, 0.05) is 30.2 Å². The zero-order valence-electron chi connectivity index (χ0n) is 9.11. The first-order valence-electron chi connectivity index (χ1n) is 5.33. The Morgan fingerprint density at radius 1 is 1.12 bits per heavy atom. The van der Waals surface area contributed by atoms with E-state index in [1.165, 1.54) is 0 Å². The van der Waals surface area contributed by atoms with Gasteiger partial charge in [-0.15, -0.1) is 10.2 Å². The molecule has 0 saturated carbocycles. The normalized spacial score (nSPS) is 10.9. The standard InChI is InChI=1S/C12H11N5/c13-7-10-4-1-5-11-15-16-12(17(10)11)9-3-2-6-14-8-9/h1-6,8H,7,13H2. The van der Waals surface area contributed by atoms with Crippen LogP contribution in [0.4, 0.5) is 0 Å². The van der Waals surface area contributed by atoms with E-state index in [0.717, 1.165) is 22.7 Å². The Kier molecular flexibility index (Phi) is 2.31. The summed E-state index contributed by atoms with van der Waals surface area (Å²) in [4.78, 5) is 4.09. The first-order chi connectivity index (χ1) is 8.40. The molecule has 3 heterocycles. The van der Waals surface area contributed by atoms with Gasteiger partial charge in [0.1, 0.15) is 0 Å². The minimum Gasteiger partial charge on any atom is -0.325 e. The van der Waals surface area contributed by atoms with E-state index in [1.807, 2.05) is 34.7 Å². The number of rotatable bonds is 2. The topological polar surface area (TPSA) is 69.1 Å². The molecule has 0 bridgehead atoms. The third-order valence-electron chi connectivity index (χ3n) is 2.64. The van der Waals surface area contributed by atoms with E-state index in [1.54, 1.807) is 12.4 Å². The zero-order valence-corrected chi connectivity index (χ0v) is 9.11. The molecule has 3 aromatic rings. The molecule has 0 radical (unpaired) electrons. The van der Waals surface area contributed by atoms with Gasteiger partial charge < -0.3 is 5.73 Å². The SMILES string of the molecule is NCc1cccc2nnc(-c3cccnc3)n12. The molecule has 84 valence electrons. The Bertz CT molecular complexity index is 644. The highest BCUT2D eigenvalue weighted by molar-refractivity contribution is 5.58. The molecule has 2 N–H and O–H groups in total. The smallest absolute Gasteiger partial charge is 0.170 e. The van der Waals surface area contributed by atoms with Crippen LogP contribution in [0.25, 0.3) is 17.0 Å². The fourth-order valence-electron chi connectivity index (χ4n) is 1.85. The Hall–Kier alpha value is -2.27. The molecule has 0 amide bonds. The summed E-state index contributed by atoms with van der Waals surface area (Å²) in [5.41, 5.74) is 8.44. The quantitative estimate of drug-likeness (QED) is 0.712. The van der Waals surface area contributed by atoms with E-state index in [-0.39, 0.29) is 0 Å². The summed E-state index contributed by atoms with van der Waals surface area (Å²) < 4.78 is 1.96. The summed E-state index contributed by atoms with van der Waals surface area (Å²) in [5, 5.41) is 8.32. The lowest BCUT2D eigenvalue weighted by Crippen LogP contribution is -2.04. The van der Waals surface area contributed by atoms with Crippen molar-refractivity contribution < 1.29 is 0 Å². The Morgan fingerprint density at radius 2 is 2.06 bits per heavy atom. The van der Waals surface area contributed by atoms with Crippen molar-refractivity contribution >= 4 is 5.65 Å². The first-order valence-corrected chi connectivity index (χ1v) is 5.33. The minimum atomic E-state index is 0.447. The van der Waals surface area contributed by atoms with Crippen molar-refractivity contribution in [2.75, 3.05) is 0 Å². The fraction of sp³-hybridized carbons (Fsp3) is 0.0833. The van der Waals surface area contributed by atoms with Crippen molar-refractivity contribution in [2.45, 2.75) is 6.54 Å². The summed E-state index contributed by atoms with van der Waals surface area (Å²) in [6, 6.07) is 9.64. The maximum absolute atomic E-state index is 5.73. The van der Waals surface area contributed by atoms with Gasteiger partial charge in [-0.05, 0) is 24.3 Å². The zero-order chi connectivity index (χ0) is 11.7. The highest BCUT2D eigenvalue weighted by Crippen LogP contribution is 2.18. The minimum absolute atomic E-state index is 0.447. The van der Waals surface area contributed by atoms with Gasteiger partial charge in [0.05, 0.1) is 0 Å². The van der Waals surface area contributed by atoms with Crippen LogP contribution in [0.2, 0.25) is 0 Å². The van der Waals surface area contributed by atoms with Gasteiger partial charge in [0.25, 0.3) is 0 Å². The Balaban J connectivity index is 2.31. The number of pyridine rings is 2. The van der Waals surface area contributed by atoms with Crippen LogP contribution >= 0.6 is 0 Å². The van der Waals surface area contributed by atoms with Crippen LogP contribution in [0.15, 0.2) is 42.7 Å². The molecule has 5 nitrogen and oxygen atoms in total. The van der Waals surface area contributed by atoms with E-state index in [2.05, 4.69) is 15.2 Å². The van der Waals surface area contributed by atoms with Crippen molar-refractivity contribution in [3.8, 4) is 11.4 Å². The van der Waals surface area contributed by atoms with Crippen LogP contribution in [0.5, 0.6) is 0 Å². The van der Waals surface area contributed by atoms with Crippen LogP contribution in [0, 0.1) is 0 Å². The number of hydrogen-bond donors (Lipinski definition) is 1. The molecule has 3 rings (SSSR count).